The monoisotopic (exact) mass is 225 g/mol. The van der Waals surface area contributed by atoms with Gasteiger partial charge in [0.05, 0.1) is 0 Å². The van der Waals surface area contributed by atoms with Gasteiger partial charge in [0.2, 0.25) is 0 Å². The molecule has 0 saturated carbocycles. The predicted molar refractivity (Wildman–Crippen MR) is 73.8 cm³/mol. The fraction of sp³-hybridized carbons (Fsp3) is 0.250. The number of rotatable bonds is 2. The van der Waals surface area contributed by atoms with Gasteiger partial charge in [0.1, 0.15) is 0 Å². The average molecular weight is 225 g/mol. The molecule has 17 heavy (non-hydrogen) atoms. The second kappa shape index (κ2) is 4.34. The van der Waals surface area contributed by atoms with E-state index in [2.05, 4.69) is 49.4 Å². The number of hydrogen-bond donors (Lipinski definition) is 1. The lowest BCUT2D eigenvalue weighted by Gasteiger charge is -2.21. The quantitative estimate of drug-likeness (QED) is 0.825. The van der Waals surface area contributed by atoms with E-state index >= 15 is 0 Å². The van der Waals surface area contributed by atoms with Crippen LogP contribution < -0.4 is 5.73 Å². The van der Waals surface area contributed by atoms with Crippen LogP contribution in [0.1, 0.15) is 25.0 Å². The molecule has 0 amide bonds. The Hall–Kier alpha value is -1.60. The Labute approximate surface area is 103 Å². The van der Waals surface area contributed by atoms with Crippen molar-refractivity contribution >= 4 is 0 Å². The first-order chi connectivity index (χ1) is 7.98. The van der Waals surface area contributed by atoms with Gasteiger partial charge in [-0.3, -0.25) is 0 Å². The van der Waals surface area contributed by atoms with E-state index in [9.17, 15) is 0 Å². The van der Waals surface area contributed by atoms with Crippen molar-refractivity contribution in [3.8, 4) is 11.1 Å². The number of aryl methyl sites for hydroxylation is 1. The molecule has 0 aliphatic rings. The van der Waals surface area contributed by atoms with E-state index in [4.69, 9.17) is 5.73 Å². The van der Waals surface area contributed by atoms with Gasteiger partial charge in [0.15, 0.2) is 0 Å². The van der Waals surface area contributed by atoms with Gasteiger partial charge in [-0.25, -0.2) is 0 Å². The first-order valence-electron chi connectivity index (χ1n) is 5.94. The van der Waals surface area contributed by atoms with Crippen molar-refractivity contribution < 1.29 is 0 Å². The molecule has 0 spiro atoms. The zero-order chi connectivity index (χ0) is 12.5. The molecule has 0 unspecified atom stereocenters. The summed E-state index contributed by atoms with van der Waals surface area (Å²) in [4.78, 5) is 0. The number of benzene rings is 2. The van der Waals surface area contributed by atoms with E-state index < -0.39 is 0 Å². The van der Waals surface area contributed by atoms with Crippen LogP contribution in [0.2, 0.25) is 0 Å². The van der Waals surface area contributed by atoms with Gasteiger partial charge in [-0.1, -0.05) is 42.5 Å². The standard InChI is InChI=1S/C16H19N/c1-12-9-10-14(16(2,3)17)11-15(12)13-7-5-4-6-8-13/h4-11H,17H2,1-3H3. The zero-order valence-corrected chi connectivity index (χ0v) is 10.7. The molecular weight excluding hydrogens is 206 g/mol. The molecule has 0 heterocycles. The largest absolute Gasteiger partial charge is 0.322 e. The first-order valence-corrected chi connectivity index (χ1v) is 5.94. The van der Waals surface area contributed by atoms with Gasteiger partial charge in [-0.2, -0.15) is 0 Å². The summed E-state index contributed by atoms with van der Waals surface area (Å²) in [6.07, 6.45) is 0. The lowest BCUT2D eigenvalue weighted by Crippen LogP contribution is -2.28. The van der Waals surface area contributed by atoms with Crippen molar-refractivity contribution in [2.45, 2.75) is 26.3 Å². The van der Waals surface area contributed by atoms with Crippen LogP contribution >= 0.6 is 0 Å². The molecule has 0 aliphatic carbocycles. The third kappa shape index (κ3) is 2.56. The molecule has 0 aromatic heterocycles. The minimum absolute atomic E-state index is 0.294. The first kappa shape index (κ1) is 11.9. The van der Waals surface area contributed by atoms with E-state index in [1.165, 1.54) is 22.3 Å². The summed E-state index contributed by atoms with van der Waals surface area (Å²) in [5.74, 6) is 0. The SMILES string of the molecule is Cc1ccc(C(C)(C)N)cc1-c1ccccc1. The highest BCUT2D eigenvalue weighted by Crippen LogP contribution is 2.27. The molecular formula is C16H19N. The Morgan fingerprint density at radius 3 is 2.18 bits per heavy atom. The average Bonchev–Trinajstić information content (AvgIpc) is 2.29. The van der Waals surface area contributed by atoms with Crippen LogP contribution in [0.3, 0.4) is 0 Å². The maximum atomic E-state index is 6.15. The molecule has 2 aromatic rings. The molecule has 88 valence electrons. The molecule has 0 radical (unpaired) electrons. The molecule has 1 nitrogen and oxygen atoms in total. The highest BCUT2D eigenvalue weighted by Gasteiger charge is 2.15. The van der Waals surface area contributed by atoms with E-state index in [0.29, 0.717) is 0 Å². The summed E-state index contributed by atoms with van der Waals surface area (Å²) in [6.45, 7) is 6.20. The van der Waals surface area contributed by atoms with E-state index in [0.717, 1.165) is 0 Å². The van der Waals surface area contributed by atoms with Crippen LogP contribution in [0.25, 0.3) is 11.1 Å². The molecule has 2 rings (SSSR count). The van der Waals surface area contributed by atoms with Crippen LogP contribution in [-0.4, -0.2) is 0 Å². The van der Waals surface area contributed by atoms with E-state index in [1.54, 1.807) is 0 Å². The molecule has 2 N–H and O–H groups in total. The van der Waals surface area contributed by atoms with Gasteiger partial charge in [0.25, 0.3) is 0 Å². The summed E-state index contributed by atoms with van der Waals surface area (Å²) in [6, 6.07) is 16.9. The second-order valence-electron chi connectivity index (χ2n) is 5.12. The molecule has 0 aliphatic heterocycles. The Morgan fingerprint density at radius 1 is 0.941 bits per heavy atom. The smallest absolute Gasteiger partial charge is 0.0352 e. The Kier molecular flexibility index (Phi) is 3.03. The fourth-order valence-corrected chi connectivity index (χ4v) is 1.95. The van der Waals surface area contributed by atoms with E-state index in [-0.39, 0.29) is 5.54 Å². The summed E-state index contributed by atoms with van der Waals surface area (Å²) < 4.78 is 0. The number of hydrogen-bond acceptors (Lipinski definition) is 1. The maximum absolute atomic E-state index is 6.15. The maximum Gasteiger partial charge on any atom is 0.0352 e. The highest BCUT2D eigenvalue weighted by molar-refractivity contribution is 5.68. The van der Waals surface area contributed by atoms with E-state index in [1.807, 2.05) is 19.9 Å². The van der Waals surface area contributed by atoms with Crippen molar-refractivity contribution in [1.29, 1.82) is 0 Å². The van der Waals surface area contributed by atoms with Crippen molar-refractivity contribution in [3.63, 3.8) is 0 Å². The lowest BCUT2D eigenvalue weighted by atomic mass is 9.90. The molecule has 2 aromatic carbocycles. The van der Waals surface area contributed by atoms with Crippen LogP contribution in [0.15, 0.2) is 48.5 Å². The molecule has 0 atom stereocenters. The molecule has 0 saturated heterocycles. The zero-order valence-electron chi connectivity index (χ0n) is 10.7. The minimum Gasteiger partial charge on any atom is -0.322 e. The van der Waals surface area contributed by atoms with Gasteiger partial charge in [-0.15, -0.1) is 0 Å². The Morgan fingerprint density at radius 2 is 1.59 bits per heavy atom. The molecule has 0 bridgehead atoms. The normalized spacial score (nSPS) is 11.5. The van der Waals surface area contributed by atoms with Gasteiger partial charge >= 0.3 is 0 Å². The van der Waals surface area contributed by atoms with Crippen molar-refractivity contribution in [1.82, 2.24) is 0 Å². The predicted octanol–water partition coefficient (Wildman–Crippen LogP) is 3.86. The van der Waals surface area contributed by atoms with Gasteiger partial charge < -0.3 is 5.73 Å². The third-order valence-electron chi connectivity index (χ3n) is 3.07. The fourth-order valence-electron chi connectivity index (χ4n) is 1.95. The summed E-state index contributed by atoms with van der Waals surface area (Å²) >= 11 is 0. The lowest BCUT2D eigenvalue weighted by molar-refractivity contribution is 0.554. The summed E-state index contributed by atoms with van der Waals surface area (Å²) in [5.41, 5.74) is 10.8. The molecule has 1 heteroatoms. The van der Waals surface area contributed by atoms with Crippen LogP contribution in [0.5, 0.6) is 0 Å². The Bertz CT molecular complexity index is 507. The van der Waals surface area contributed by atoms with Crippen LogP contribution in [0.4, 0.5) is 0 Å². The highest BCUT2D eigenvalue weighted by atomic mass is 14.7. The van der Waals surface area contributed by atoms with Crippen molar-refractivity contribution in [2.75, 3.05) is 0 Å². The van der Waals surface area contributed by atoms with Crippen molar-refractivity contribution in [3.05, 3.63) is 59.7 Å². The van der Waals surface area contributed by atoms with Crippen molar-refractivity contribution in [2.24, 2.45) is 5.73 Å². The van der Waals surface area contributed by atoms with Gasteiger partial charge in [-0.05, 0) is 49.1 Å². The summed E-state index contributed by atoms with van der Waals surface area (Å²) in [7, 11) is 0. The van der Waals surface area contributed by atoms with Crippen LogP contribution in [-0.2, 0) is 5.54 Å². The van der Waals surface area contributed by atoms with Gasteiger partial charge in [0, 0.05) is 5.54 Å². The number of nitrogens with two attached hydrogens (primary N) is 1. The minimum atomic E-state index is -0.294. The summed E-state index contributed by atoms with van der Waals surface area (Å²) in [5, 5.41) is 0. The second-order valence-corrected chi connectivity index (χ2v) is 5.12. The topological polar surface area (TPSA) is 26.0 Å². The Balaban J connectivity index is 2.55. The third-order valence-corrected chi connectivity index (χ3v) is 3.07. The molecule has 0 fully saturated rings. The van der Waals surface area contributed by atoms with Crippen LogP contribution in [0, 0.1) is 6.92 Å².